The van der Waals surface area contributed by atoms with E-state index in [4.69, 9.17) is 0 Å². The maximum atomic E-state index is 4.27. The predicted molar refractivity (Wildman–Crippen MR) is 89.9 cm³/mol. The van der Waals surface area contributed by atoms with Crippen LogP contribution in [0.25, 0.3) is 5.65 Å². The van der Waals surface area contributed by atoms with Gasteiger partial charge in [-0.15, -0.1) is 10.2 Å². The Bertz CT molecular complexity index is 603. The molecule has 22 heavy (non-hydrogen) atoms. The first-order valence-electron chi connectivity index (χ1n) is 8.00. The largest absolute Gasteiger partial charge is 0.354 e. The number of aliphatic imine (C=N–C) groups is 1. The van der Waals surface area contributed by atoms with Crippen molar-refractivity contribution in [3.8, 4) is 0 Å². The molecule has 0 radical (unpaired) electrons. The van der Waals surface area contributed by atoms with Crippen LogP contribution in [-0.2, 0) is 6.54 Å². The maximum absolute atomic E-state index is 4.27. The van der Waals surface area contributed by atoms with E-state index in [1.165, 1.54) is 19.3 Å². The zero-order valence-corrected chi connectivity index (χ0v) is 13.7. The molecule has 120 valence electrons. The molecule has 0 saturated heterocycles. The monoisotopic (exact) mass is 302 g/mol. The Morgan fingerprint density at radius 1 is 1.32 bits per heavy atom. The normalized spacial score (nSPS) is 13.3. The van der Waals surface area contributed by atoms with Crippen LogP contribution in [-0.4, -0.2) is 33.6 Å². The molecule has 0 aliphatic carbocycles. The van der Waals surface area contributed by atoms with Gasteiger partial charge in [0.15, 0.2) is 17.4 Å². The number of aromatic nitrogens is 3. The van der Waals surface area contributed by atoms with Crippen molar-refractivity contribution >= 4 is 11.6 Å². The number of fused-ring (bicyclic) bond motifs is 1. The van der Waals surface area contributed by atoms with E-state index < -0.39 is 0 Å². The number of rotatable bonds is 7. The van der Waals surface area contributed by atoms with Gasteiger partial charge >= 0.3 is 0 Å². The van der Waals surface area contributed by atoms with Gasteiger partial charge in [0.2, 0.25) is 0 Å². The summed E-state index contributed by atoms with van der Waals surface area (Å²) in [5.74, 6) is 1.67. The third-order valence-electron chi connectivity index (χ3n) is 3.65. The van der Waals surface area contributed by atoms with E-state index in [-0.39, 0.29) is 0 Å². The molecular formula is C16H26N6. The number of unbranched alkanes of at least 4 members (excludes halogenated alkanes) is 2. The SMILES string of the molecule is CCCCCC(C)NC(=NC)NCc1nnc2ccccn12. The Balaban J connectivity index is 1.86. The summed E-state index contributed by atoms with van der Waals surface area (Å²) >= 11 is 0. The van der Waals surface area contributed by atoms with Gasteiger partial charge in [-0.1, -0.05) is 32.3 Å². The van der Waals surface area contributed by atoms with Crippen LogP contribution in [0.5, 0.6) is 0 Å². The molecule has 2 heterocycles. The second-order valence-electron chi connectivity index (χ2n) is 5.51. The first kappa shape index (κ1) is 16.3. The maximum Gasteiger partial charge on any atom is 0.191 e. The fourth-order valence-corrected chi connectivity index (χ4v) is 2.37. The van der Waals surface area contributed by atoms with Crippen molar-refractivity contribution < 1.29 is 0 Å². The van der Waals surface area contributed by atoms with Crippen LogP contribution in [0, 0.1) is 0 Å². The van der Waals surface area contributed by atoms with Gasteiger partial charge in [-0.05, 0) is 25.5 Å². The van der Waals surface area contributed by atoms with Gasteiger partial charge in [-0.3, -0.25) is 9.39 Å². The zero-order chi connectivity index (χ0) is 15.8. The molecule has 2 rings (SSSR count). The minimum Gasteiger partial charge on any atom is -0.354 e. The standard InChI is InChI=1S/C16H26N6/c1-4-5-6-9-13(2)19-16(17-3)18-12-15-21-20-14-10-7-8-11-22(14)15/h7-8,10-11,13H,4-6,9,12H2,1-3H3,(H2,17,18,19). The minimum atomic E-state index is 0.410. The highest BCUT2D eigenvalue weighted by Crippen LogP contribution is 2.04. The molecule has 6 nitrogen and oxygen atoms in total. The number of hydrogen-bond donors (Lipinski definition) is 2. The molecule has 0 amide bonds. The summed E-state index contributed by atoms with van der Waals surface area (Å²) in [6.45, 7) is 5.00. The van der Waals surface area contributed by atoms with Crippen LogP contribution < -0.4 is 10.6 Å². The Morgan fingerprint density at radius 3 is 2.95 bits per heavy atom. The van der Waals surface area contributed by atoms with Crippen LogP contribution in [0.1, 0.15) is 45.4 Å². The molecule has 0 aliphatic rings. The molecule has 0 spiro atoms. The summed E-state index contributed by atoms with van der Waals surface area (Å²) in [6.07, 6.45) is 6.90. The molecule has 0 saturated carbocycles. The summed E-state index contributed by atoms with van der Waals surface area (Å²) < 4.78 is 1.98. The highest BCUT2D eigenvalue weighted by Gasteiger charge is 2.08. The van der Waals surface area contributed by atoms with E-state index >= 15 is 0 Å². The molecule has 0 fully saturated rings. The fourth-order valence-electron chi connectivity index (χ4n) is 2.37. The highest BCUT2D eigenvalue weighted by atomic mass is 15.3. The molecule has 0 aromatic carbocycles. The Morgan fingerprint density at radius 2 is 2.18 bits per heavy atom. The number of nitrogens with one attached hydrogen (secondary N) is 2. The van der Waals surface area contributed by atoms with E-state index in [0.717, 1.165) is 23.9 Å². The molecule has 0 bridgehead atoms. The predicted octanol–water partition coefficient (Wildman–Crippen LogP) is 2.36. The Labute approximate surface area is 132 Å². The quantitative estimate of drug-likeness (QED) is 0.468. The van der Waals surface area contributed by atoms with E-state index in [9.17, 15) is 0 Å². The van der Waals surface area contributed by atoms with Gasteiger partial charge in [0.1, 0.15) is 0 Å². The molecule has 1 unspecified atom stereocenters. The summed E-state index contributed by atoms with van der Waals surface area (Å²) in [6, 6.07) is 6.29. The van der Waals surface area contributed by atoms with Crippen LogP contribution in [0.15, 0.2) is 29.4 Å². The third kappa shape index (κ3) is 4.44. The lowest BCUT2D eigenvalue weighted by molar-refractivity contribution is 0.546. The highest BCUT2D eigenvalue weighted by molar-refractivity contribution is 5.79. The van der Waals surface area contributed by atoms with Crippen LogP contribution in [0.2, 0.25) is 0 Å². The van der Waals surface area contributed by atoms with Crippen molar-refractivity contribution in [2.24, 2.45) is 4.99 Å². The van der Waals surface area contributed by atoms with Crippen molar-refractivity contribution in [3.05, 3.63) is 30.2 Å². The van der Waals surface area contributed by atoms with Gasteiger partial charge in [0.25, 0.3) is 0 Å². The summed E-state index contributed by atoms with van der Waals surface area (Å²) in [5, 5.41) is 15.1. The first-order valence-corrected chi connectivity index (χ1v) is 8.00. The van der Waals surface area contributed by atoms with E-state index in [1.807, 2.05) is 28.8 Å². The second kappa shape index (κ2) is 8.36. The van der Waals surface area contributed by atoms with Gasteiger partial charge in [0, 0.05) is 19.3 Å². The minimum absolute atomic E-state index is 0.410. The Hall–Kier alpha value is -2.11. The van der Waals surface area contributed by atoms with Crippen molar-refractivity contribution in [2.45, 2.75) is 52.1 Å². The van der Waals surface area contributed by atoms with Crippen LogP contribution in [0.4, 0.5) is 0 Å². The molecule has 0 aliphatic heterocycles. The first-order chi connectivity index (χ1) is 10.7. The lowest BCUT2D eigenvalue weighted by atomic mass is 10.1. The lowest BCUT2D eigenvalue weighted by Gasteiger charge is -2.17. The molecule has 6 heteroatoms. The van der Waals surface area contributed by atoms with Crippen LogP contribution >= 0.6 is 0 Å². The van der Waals surface area contributed by atoms with Crippen molar-refractivity contribution in [1.29, 1.82) is 0 Å². The van der Waals surface area contributed by atoms with Gasteiger partial charge in [0.05, 0.1) is 6.54 Å². The van der Waals surface area contributed by atoms with Crippen molar-refractivity contribution in [2.75, 3.05) is 7.05 Å². The van der Waals surface area contributed by atoms with E-state index in [0.29, 0.717) is 12.6 Å². The molecule has 1 atom stereocenters. The molecule has 2 aromatic heterocycles. The second-order valence-corrected chi connectivity index (χ2v) is 5.51. The van der Waals surface area contributed by atoms with Gasteiger partial charge < -0.3 is 10.6 Å². The molecule has 2 N–H and O–H groups in total. The summed E-state index contributed by atoms with van der Waals surface area (Å²) in [4.78, 5) is 4.27. The summed E-state index contributed by atoms with van der Waals surface area (Å²) in [7, 11) is 1.79. The van der Waals surface area contributed by atoms with Crippen molar-refractivity contribution in [1.82, 2.24) is 25.2 Å². The molecular weight excluding hydrogens is 276 g/mol. The number of pyridine rings is 1. The third-order valence-corrected chi connectivity index (χ3v) is 3.65. The zero-order valence-electron chi connectivity index (χ0n) is 13.7. The Kier molecular flexibility index (Phi) is 6.18. The van der Waals surface area contributed by atoms with Gasteiger partial charge in [-0.25, -0.2) is 0 Å². The number of nitrogens with zero attached hydrogens (tertiary/aromatic N) is 4. The topological polar surface area (TPSA) is 66.6 Å². The molecule has 2 aromatic rings. The van der Waals surface area contributed by atoms with Crippen molar-refractivity contribution in [3.63, 3.8) is 0 Å². The number of hydrogen-bond acceptors (Lipinski definition) is 3. The number of guanidine groups is 1. The van der Waals surface area contributed by atoms with Crippen LogP contribution in [0.3, 0.4) is 0 Å². The van der Waals surface area contributed by atoms with E-state index in [1.54, 1.807) is 7.05 Å². The van der Waals surface area contributed by atoms with E-state index in [2.05, 4.69) is 39.7 Å². The van der Waals surface area contributed by atoms with Gasteiger partial charge in [-0.2, -0.15) is 0 Å². The lowest BCUT2D eigenvalue weighted by Crippen LogP contribution is -2.42. The average Bonchev–Trinajstić information content (AvgIpc) is 2.95. The summed E-state index contributed by atoms with van der Waals surface area (Å²) in [5.41, 5.74) is 0.857. The smallest absolute Gasteiger partial charge is 0.191 e. The fraction of sp³-hybridized carbons (Fsp3) is 0.562. The average molecular weight is 302 g/mol.